The summed E-state index contributed by atoms with van der Waals surface area (Å²) in [4.78, 5) is 16.3. The van der Waals surface area contributed by atoms with Gasteiger partial charge in [0.25, 0.3) is 0 Å². The third kappa shape index (κ3) is 4.71. The Morgan fingerprint density at radius 3 is 2.00 bits per heavy atom. The molecule has 0 amide bonds. The normalized spacial score (nSPS) is 12.2. The van der Waals surface area contributed by atoms with Crippen LogP contribution in [0.5, 0.6) is 0 Å². The summed E-state index contributed by atoms with van der Waals surface area (Å²) in [5.74, 6) is -0.242. The lowest BCUT2D eigenvalue weighted by Gasteiger charge is -2.20. The van der Waals surface area contributed by atoms with Gasteiger partial charge in [-0.15, -0.1) is 0 Å². The van der Waals surface area contributed by atoms with Gasteiger partial charge >= 0.3 is 0 Å². The van der Waals surface area contributed by atoms with Gasteiger partial charge in [-0.2, -0.15) is 0 Å². The van der Waals surface area contributed by atoms with Crippen LogP contribution in [-0.4, -0.2) is 54.5 Å². The topological polar surface area (TPSA) is 43.8 Å². The first-order chi connectivity index (χ1) is 9.11. The SMILES string of the molecule is CN(C)Cc1ccc(C(=O)C(C)(C)O)cc1CN(C)C. The van der Waals surface area contributed by atoms with E-state index in [4.69, 9.17) is 0 Å². The minimum atomic E-state index is -1.33. The number of benzene rings is 1. The molecule has 0 saturated heterocycles. The molecule has 0 unspecified atom stereocenters. The Hall–Kier alpha value is -1.23. The minimum Gasteiger partial charge on any atom is -0.382 e. The van der Waals surface area contributed by atoms with Gasteiger partial charge < -0.3 is 14.9 Å². The Labute approximate surface area is 122 Å². The molecule has 0 heterocycles. The van der Waals surface area contributed by atoms with Crippen LogP contribution >= 0.6 is 0 Å². The Morgan fingerprint density at radius 1 is 1.05 bits per heavy atom. The van der Waals surface area contributed by atoms with Crippen LogP contribution in [0.15, 0.2) is 18.2 Å². The van der Waals surface area contributed by atoms with Gasteiger partial charge in [-0.25, -0.2) is 0 Å². The van der Waals surface area contributed by atoms with Crippen LogP contribution in [0.1, 0.15) is 35.3 Å². The molecule has 0 saturated carbocycles. The standard InChI is InChI=1S/C16H26N2O2/c1-16(2,20)15(19)12-7-8-13(10-17(3)4)14(9-12)11-18(5)6/h7-9,20H,10-11H2,1-6H3. The summed E-state index contributed by atoms with van der Waals surface area (Å²) >= 11 is 0. The molecule has 0 aliphatic rings. The zero-order chi connectivity index (χ0) is 15.5. The fourth-order valence-electron chi connectivity index (χ4n) is 2.10. The molecular weight excluding hydrogens is 252 g/mol. The predicted molar refractivity (Wildman–Crippen MR) is 81.9 cm³/mol. The maximum Gasteiger partial charge on any atom is 0.193 e. The molecule has 0 aliphatic carbocycles. The van der Waals surface area contributed by atoms with E-state index < -0.39 is 5.60 Å². The van der Waals surface area contributed by atoms with Crippen molar-refractivity contribution in [1.82, 2.24) is 9.80 Å². The smallest absolute Gasteiger partial charge is 0.193 e. The van der Waals surface area contributed by atoms with E-state index in [0.29, 0.717) is 5.56 Å². The molecule has 1 N–H and O–H groups in total. The highest BCUT2D eigenvalue weighted by molar-refractivity contribution is 6.01. The van der Waals surface area contributed by atoms with Gasteiger partial charge in [-0.05, 0) is 59.2 Å². The summed E-state index contributed by atoms with van der Waals surface area (Å²) in [5.41, 5.74) is 1.56. The van der Waals surface area contributed by atoms with Crippen LogP contribution in [0.25, 0.3) is 0 Å². The van der Waals surface area contributed by atoms with E-state index in [1.165, 1.54) is 19.4 Å². The molecule has 0 spiro atoms. The lowest BCUT2D eigenvalue weighted by Crippen LogP contribution is -2.31. The molecule has 112 valence electrons. The van der Waals surface area contributed by atoms with E-state index in [2.05, 4.69) is 9.80 Å². The van der Waals surface area contributed by atoms with E-state index >= 15 is 0 Å². The van der Waals surface area contributed by atoms with E-state index in [1.54, 1.807) is 6.07 Å². The van der Waals surface area contributed by atoms with Crippen LogP contribution < -0.4 is 0 Å². The highest BCUT2D eigenvalue weighted by Gasteiger charge is 2.25. The van der Waals surface area contributed by atoms with Gasteiger partial charge in [-0.3, -0.25) is 4.79 Å². The zero-order valence-corrected chi connectivity index (χ0v) is 13.4. The number of aliphatic hydroxyl groups is 1. The fraction of sp³-hybridized carbons (Fsp3) is 0.562. The molecule has 0 aromatic heterocycles. The largest absolute Gasteiger partial charge is 0.382 e. The minimum absolute atomic E-state index is 0.242. The zero-order valence-electron chi connectivity index (χ0n) is 13.4. The predicted octanol–water partition coefficient (Wildman–Crippen LogP) is 1.76. The molecule has 4 nitrogen and oxygen atoms in total. The number of carbonyl (C=O) groups is 1. The molecule has 1 aromatic rings. The summed E-state index contributed by atoms with van der Waals surface area (Å²) in [6.45, 7) is 4.65. The lowest BCUT2D eigenvalue weighted by atomic mass is 9.93. The average molecular weight is 278 g/mol. The van der Waals surface area contributed by atoms with Crippen molar-refractivity contribution < 1.29 is 9.90 Å². The first-order valence-corrected chi connectivity index (χ1v) is 6.79. The van der Waals surface area contributed by atoms with Crippen LogP contribution in [0.4, 0.5) is 0 Å². The van der Waals surface area contributed by atoms with Crippen LogP contribution in [0.2, 0.25) is 0 Å². The highest BCUT2D eigenvalue weighted by Crippen LogP contribution is 2.19. The second-order valence-electron chi connectivity index (χ2n) is 6.35. The molecule has 20 heavy (non-hydrogen) atoms. The van der Waals surface area contributed by atoms with Crippen molar-refractivity contribution in [2.24, 2.45) is 0 Å². The van der Waals surface area contributed by atoms with Gasteiger partial charge in [0.2, 0.25) is 0 Å². The highest BCUT2D eigenvalue weighted by atomic mass is 16.3. The van der Waals surface area contributed by atoms with Crippen molar-refractivity contribution in [2.75, 3.05) is 28.2 Å². The Morgan fingerprint density at radius 2 is 1.55 bits per heavy atom. The molecule has 1 aromatic carbocycles. The molecule has 0 radical (unpaired) electrons. The molecule has 1 rings (SSSR count). The van der Waals surface area contributed by atoms with Crippen molar-refractivity contribution in [2.45, 2.75) is 32.5 Å². The maximum atomic E-state index is 12.2. The molecule has 4 heteroatoms. The van der Waals surface area contributed by atoms with Crippen molar-refractivity contribution in [3.05, 3.63) is 34.9 Å². The van der Waals surface area contributed by atoms with Gasteiger partial charge in [0.1, 0.15) is 5.60 Å². The van der Waals surface area contributed by atoms with Crippen molar-refractivity contribution >= 4 is 5.78 Å². The summed E-state index contributed by atoms with van der Waals surface area (Å²) in [6, 6.07) is 5.69. The number of hydrogen-bond donors (Lipinski definition) is 1. The summed E-state index contributed by atoms with van der Waals surface area (Å²) in [5, 5.41) is 9.86. The Bertz CT molecular complexity index is 474. The van der Waals surface area contributed by atoms with E-state index in [9.17, 15) is 9.90 Å². The number of hydrogen-bond acceptors (Lipinski definition) is 4. The molecule has 0 aliphatic heterocycles. The first kappa shape index (κ1) is 16.8. The maximum absolute atomic E-state index is 12.2. The van der Waals surface area contributed by atoms with Crippen molar-refractivity contribution in [3.8, 4) is 0 Å². The van der Waals surface area contributed by atoms with Gasteiger partial charge in [-0.1, -0.05) is 12.1 Å². The second kappa shape index (κ2) is 6.48. The van der Waals surface area contributed by atoms with E-state index in [1.807, 2.05) is 40.3 Å². The average Bonchev–Trinajstić information content (AvgIpc) is 2.28. The summed E-state index contributed by atoms with van der Waals surface area (Å²) in [6.07, 6.45) is 0. The van der Waals surface area contributed by atoms with Gasteiger partial charge in [0.05, 0.1) is 0 Å². The Kier molecular flexibility index (Phi) is 5.45. The van der Waals surface area contributed by atoms with Gasteiger partial charge in [0.15, 0.2) is 5.78 Å². The second-order valence-corrected chi connectivity index (χ2v) is 6.35. The van der Waals surface area contributed by atoms with Crippen molar-refractivity contribution in [3.63, 3.8) is 0 Å². The molecular formula is C16H26N2O2. The van der Waals surface area contributed by atoms with Gasteiger partial charge in [0, 0.05) is 18.7 Å². The molecule has 0 fully saturated rings. The third-order valence-corrected chi connectivity index (χ3v) is 3.00. The summed E-state index contributed by atoms with van der Waals surface area (Å²) in [7, 11) is 8.05. The van der Waals surface area contributed by atoms with E-state index in [-0.39, 0.29) is 5.78 Å². The summed E-state index contributed by atoms with van der Waals surface area (Å²) < 4.78 is 0. The number of carbonyl (C=O) groups excluding carboxylic acids is 1. The monoisotopic (exact) mass is 278 g/mol. The molecule has 0 atom stereocenters. The van der Waals surface area contributed by atoms with Crippen LogP contribution in [0.3, 0.4) is 0 Å². The van der Waals surface area contributed by atoms with Crippen molar-refractivity contribution in [1.29, 1.82) is 0 Å². The number of Topliss-reactive ketones (excluding diaryl/α,β-unsaturated/α-hetero) is 1. The fourth-order valence-corrected chi connectivity index (χ4v) is 2.10. The van der Waals surface area contributed by atoms with Crippen LogP contribution in [-0.2, 0) is 13.1 Å². The Balaban J connectivity index is 3.16. The lowest BCUT2D eigenvalue weighted by molar-refractivity contribution is 0.0488. The van der Waals surface area contributed by atoms with E-state index in [0.717, 1.165) is 18.7 Å². The quantitative estimate of drug-likeness (QED) is 0.805. The number of nitrogens with zero attached hydrogens (tertiary/aromatic N) is 2. The third-order valence-electron chi connectivity index (χ3n) is 3.00. The van der Waals surface area contributed by atoms with Crippen LogP contribution in [0, 0.1) is 0 Å². The number of rotatable bonds is 6. The first-order valence-electron chi connectivity index (χ1n) is 6.79. The number of ketones is 1. The molecule has 0 bridgehead atoms.